The number of aromatic nitrogens is 2. The number of halogens is 1. The summed E-state index contributed by atoms with van der Waals surface area (Å²) < 4.78 is 0.998. The molecule has 0 bridgehead atoms. The maximum Gasteiger partial charge on any atom is 0.407 e. The molecular weight excluding hydrogens is 460 g/mol. The zero-order valence-electron chi connectivity index (χ0n) is 17.0. The van der Waals surface area contributed by atoms with Crippen molar-refractivity contribution in [1.82, 2.24) is 19.8 Å². The third-order valence-corrected chi connectivity index (χ3v) is 6.17. The average molecular weight is 483 g/mol. The Morgan fingerprint density at radius 2 is 1.90 bits per heavy atom. The molecule has 2 N–H and O–H groups in total. The molecule has 31 heavy (non-hydrogen) atoms. The fourth-order valence-corrected chi connectivity index (χ4v) is 4.30. The van der Waals surface area contributed by atoms with E-state index < -0.39 is 12.1 Å². The van der Waals surface area contributed by atoms with Crippen LogP contribution in [-0.4, -0.2) is 50.5 Å². The number of carbonyl (C=O) groups excluding carboxylic acids is 1. The number of likely N-dealkylation sites (N-methyl/N-ethyl adjacent to an activating group) is 1. The van der Waals surface area contributed by atoms with Gasteiger partial charge < -0.3 is 15.0 Å². The van der Waals surface area contributed by atoms with E-state index in [1.54, 1.807) is 23.2 Å². The van der Waals surface area contributed by atoms with E-state index >= 15 is 0 Å². The van der Waals surface area contributed by atoms with E-state index in [-0.39, 0.29) is 11.9 Å². The third-order valence-electron chi connectivity index (χ3n) is 5.64. The van der Waals surface area contributed by atoms with Gasteiger partial charge in [0.05, 0.1) is 17.9 Å². The number of hydrogen-bond acceptors (Lipinski definition) is 3. The molecule has 0 aliphatic carbocycles. The molecule has 2 aromatic carbocycles. The quantitative estimate of drug-likeness (QED) is 0.543. The Kier molecular flexibility index (Phi) is 6.08. The maximum absolute atomic E-state index is 13.6. The van der Waals surface area contributed by atoms with Crippen LogP contribution < -0.4 is 0 Å². The first-order valence-electron chi connectivity index (χ1n) is 10.1. The first-order valence-corrected chi connectivity index (χ1v) is 10.9. The summed E-state index contributed by atoms with van der Waals surface area (Å²) in [6.07, 6.45) is 2.24. The Labute approximate surface area is 188 Å². The summed E-state index contributed by atoms with van der Waals surface area (Å²) in [6.45, 7) is 0.564. The zero-order chi connectivity index (χ0) is 22.0. The van der Waals surface area contributed by atoms with Crippen molar-refractivity contribution in [2.24, 2.45) is 0 Å². The number of benzene rings is 2. The Morgan fingerprint density at radius 3 is 2.58 bits per heavy atom. The molecule has 3 aromatic rings. The number of hydrogen-bond donors (Lipinski definition) is 2. The van der Waals surface area contributed by atoms with Crippen LogP contribution in [0.4, 0.5) is 4.79 Å². The predicted molar refractivity (Wildman–Crippen MR) is 120 cm³/mol. The highest BCUT2D eigenvalue weighted by Gasteiger charge is 2.39. The summed E-state index contributed by atoms with van der Waals surface area (Å²) >= 11 is 3.44. The van der Waals surface area contributed by atoms with Crippen molar-refractivity contribution >= 4 is 27.9 Å². The van der Waals surface area contributed by atoms with E-state index in [1.165, 1.54) is 7.05 Å². The first kappa shape index (κ1) is 21.1. The summed E-state index contributed by atoms with van der Waals surface area (Å²) in [4.78, 5) is 36.0. The van der Waals surface area contributed by atoms with Crippen LogP contribution in [0.3, 0.4) is 0 Å². The molecule has 2 amide bonds. The monoisotopic (exact) mass is 482 g/mol. The third kappa shape index (κ3) is 4.34. The van der Waals surface area contributed by atoms with E-state index in [4.69, 9.17) is 0 Å². The molecule has 1 saturated heterocycles. The standard InChI is InChI=1S/C23H23BrN4O3/c1-27(23(30)31)20(16-6-3-2-4-7-16)22(29)28-13-5-8-19(28)21-25-14-18(26-21)15-9-11-17(24)12-10-15/h2-4,6-7,9-12,14,19-20H,5,8,13H2,1H3,(H,25,26)(H,30,31)/t19?,20-/m0/s1. The summed E-state index contributed by atoms with van der Waals surface area (Å²) in [5, 5.41) is 9.57. The van der Waals surface area contributed by atoms with Crippen molar-refractivity contribution in [1.29, 1.82) is 0 Å². The number of carboxylic acid groups (broad SMARTS) is 1. The Hall–Kier alpha value is -3.13. The minimum Gasteiger partial charge on any atom is -0.465 e. The molecule has 2 heterocycles. The van der Waals surface area contributed by atoms with Crippen LogP contribution in [0.15, 0.2) is 65.3 Å². The number of rotatable bonds is 5. The van der Waals surface area contributed by atoms with Crippen molar-refractivity contribution in [3.8, 4) is 11.3 Å². The second-order valence-electron chi connectivity index (χ2n) is 7.59. The number of imidazole rings is 1. The molecule has 0 saturated carbocycles. The van der Waals surface area contributed by atoms with E-state index in [2.05, 4.69) is 25.9 Å². The molecule has 4 rings (SSSR count). The lowest BCUT2D eigenvalue weighted by molar-refractivity contribution is -0.137. The van der Waals surface area contributed by atoms with Crippen LogP contribution in [0.1, 0.15) is 36.3 Å². The van der Waals surface area contributed by atoms with Crippen molar-refractivity contribution in [3.63, 3.8) is 0 Å². The van der Waals surface area contributed by atoms with Gasteiger partial charge in [-0.15, -0.1) is 0 Å². The topological polar surface area (TPSA) is 89.5 Å². The lowest BCUT2D eigenvalue weighted by Gasteiger charge is -2.32. The van der Waals surface area contributed by atoms with Gasteiger partial charge in [0.1, 0.15) is 11.9 Å². The average Bonchev–Trinajstić information content (AvgIpc) is 3.44. The van der Waals surface area contributed by atoms with E-state index in [9.17, 15) is 14.7 Å². The van der Waals surface area contributed by atoms with Crippen LogP contribution in [0.2, 0.25) is 0 Å². The number of H-pyrrole nitrogens is 1. The van der Waals surface area contributed by atoms with Crippen molar-refractivity contribution < 1.29 is 14.7 Å². The molecule has 1 aliphatic rings. The molecule has 160 valence electrons. The Bertz CT molecular complexity index is 1070. The molecule has 0 radical (unpaired) electrons. The van der Waals surface area contributed by atoms with E-state index in [0.29, 0.717) is 17.9 Å². The number of nitrogens with zero attached hydrogens (tertiary/aromatic N) is 3. The first-order chi connectivity index (χ1) is 15.0. The van der Waals surface area contributed by atoms with Gasteiger partial charge in [0, 0.05) is 18.1 Å². The predicted octanol–water partition coefficient (Wildman–Crippen LogP) is 4.85. The molecule has 0 spiro atoms. The number of nitrogens with one attached hydrogen (secondary N) is 1. The highest BCUT2D eigenvalue weighted by Crippen LogP contribution is 2.35. The molecule has 1 aliphatic heterocycles. The van der Waals surface area contributed by atoms with Crippen LogP contribution >= 0.6 is 15.9 Å². The van der Waals surface area contributed by atoms with Crippen molar-refractivity contribution in [2.75, 3.05) is 13.6 Å². The van der Waals surface area contributed by atoms with Gasteiger partial charge >= 0.3 is 6.09 Å². The number of amides is 2. The summed E-state index contributed by atoms with van der Waals surface area (Å²) in [7, 11) is 1.43. The van der Waals surface area contributed by atoms with Crippen LogP contribution in [0.25, 0.3) is 11.3 Å². The maximum atomic E-state index is 13.6. The summed E-state index contributed by atoms with van der Waals surface area (Å²) in [5.41, 5.74) is 2.53. The highest BCUT2D eigenvalue weighted by atomic mass is 79.9. The lowest BCUT2D eigenvalue weighted by atomic mass is 10.0. The summed E-state index contributed by atoms with van der Waals surface area (Å²) in [5.74, 6) is 0.480. The van der Waals surface area contributed by atoms with E-state index in [1.807, 2.05) is 42.5 Å². The molecular formula is C23H23BrN4O3. The SMILES string of the molecule is CN(C(=O)O)[C@H](C(=O)N1CCCC1c1ncc(-c2ccc(Br)cc2)[nH]1)c1ccccc1. The smallest absolute Gasteiger partial charge is 0.407 e. The van der Waals surface area contributed by atoms with Crippen molar-refractivity contribution in [3.05, 3.63) is 76.7 Å². The molecule has 1 fully saturated rings. The minimum absolute atomic E-state index is 0.217. The van der Waals surface area contributed by atoms with Gasteiger partial charge in [0.2, 0.25) is 0 Å². The van der Waals surface area contributed by atoms with Gasteiger partial charge in [-0.3, -0.25) is 9.69 Å². The van der Waals surface area contributed by atoms with Gasteiger partial charge in [0.25, 0.3) is 5.91 Å². The highest BCUT2D eigenvalue weighted by molar-refractivity contribution is 9.10. The zero-order valence-corrected chi connectivity index (χ0v) is 18.6. The number of aromatic amines is 1. The van der Waals surface area contributed by atoms with Gasteiger partial charge in [-0.05, 0) is 36.1 Å². The molecule has 2 atom stereocenters. The lowest BCUT2D eigenvalue weighted by Crippen LogP contribution is -2.43. The molecule has 8 heteroatoms. The molecule has 1 unspecified atom stereocenters. The summed E-state index contributed by atoms with van der Waals surface area (Å²) in [6, 6.07) is 15.8. The number of likely N-dealkylation sites (tertiary alicyclic amines) is 1. The minimum atomic E-state index is -1.14. The van der Waals surface area contributed by atoms with Crippen LogP contribution in [0, 0.1) is 0 Å². The second-order valence-corrected chi connectivity index (χ2v) is 8.50. The van der Waals surface area contributed by atoms with Crippen LogP contribution in [0.5, 0.6) is 0 Å². The van der Waals surface area contributed by atoms with Crippen molar-refractivity contribution in [2.45, 2.75) is 24.9 Å². The van der Waals surface area contributed by atoms with Gasteiger partial charge in [-0.1, -0.05) is 58.4 Å². The fourth-order valence-electron chi connectivity index (χ4n) is 4.03. The molecule has 1 aromatic heterocycles. The largest absolute Gasteiger partial charge is 0.465 e. The normalized spacial score (nSPS) is 16.8. The Balaban J connectivity index is 1.62. The second kappa shape index (κ2) is 8.93. The number of carbonyl (C=O) groups is 2. The van der Waals surface area contributed by atoms with Gasteiger partial charge in [-0.25, -0.2) is 9.78 Å². The van der Waals surface area contributed by atoms with Gasteiger partial charge in [0.15, 0.2) is 0 Å². The Morgan fingerprint density at radius 1 is 1.19 bits per heavy atom. The van der Waals surface area contributed by atoms with Gasteiger partial charge in [-0.2, -0.15) is 0 Å². The van der Waals surface area contributed by atoms with E-state index in [0.717, 1.165) is 33.5 Å². The molecule has 7 nitrogen and oxygen atoms in total. The van der Waals surface area contributed by atoms with Crippen LogP contribution in [-0.2, 0) is 4.79 Å². The fraction of sp³-hybridized carbons (Fsp3) is 0.261.